The number of halogens is 4. The van der Waals surface area contributed by atoms with Crippen LogP contribution >= 0.6 is 22.6 Å². The van der Waals surface area contributed by atoms with Crippen molar-refractivity contribution in [2.45, 2.75) is 13.3 Å². The molecule has 0 radical (unpaired) electrons. The Hall–Kier alpha value is -1.50. The zero-order valence-corrected chi connectivity index (χ0v) is 11.7. The smallest absolute Gasteiger partial charge is 0.462 e. The quantitative estimate of drug-likeness (QED) is 0.592. The minimum Gasteiger partial charge on any atom is -0.462 e. The molecular formula is C11H7F3INO3. The van der Waals surface area contributed by atoms with E-state index in [2.05, 4.69) is 4.74 Å². The largest absolute Gasteiger partial charge is 0.573 e. The molecule has 0 atom stereocenters. The first-order chi connectivity index (χ1) is 8.78. The van der Waals surface area contributed by atoms with Gasteiger partial charge in [0.15, 0.2) is 0 Å². The Morgan fingerprint density at radius 1 is 1.47 bits per heavy atom. The molecule has 0 fully saturated rings. The van der Waals surface area contributed by atoms with Crippen molar-refractivity contribution >= 4 is 28.6 Å². The number of alkyl halides is 3. The van der Waals surface area contributed by atoms with Gasteiger partial charge in [-0.15, -0.1) is 13.2 Å². The minimum absolute atomic E-state index is 0.0626. The Kier molecular flexibility index (Phi) is 4.99. The number of carbonyl (C=O) groups excluding carboxylic acids is 1. The van der Waals surface area contributed by atoms with Crippen molar-refractivity contribution in [1.29, 1.82) is 5.26 Å². The van der Waals surface area contributed by atoms with Crippen LogP contribution in [0.1, 0.15) is 22.8 Å². The number of carbonyl (C=O) groups is 1. The van der Waals surface area contributed by atoms with E-state index < -0.39 is 18.1 Å². The molecule has 0 saturated heterocycles. The van der Waals surface area contributed by atoms with Gasteiger partial charge in [0.25, 0.3) is 0 Å². The van der Waals surface area contributed by atoms with Gasteiger partial charge in [0.2, 0.25) is 0 Å². The van der Waals surface area contributed by atoms with Crippen molar-refractivity contribution in [2.24, 2.45) is 0 Å². The van der Waals surface area contributed by atoms with Crippen molar-refractivity contribution in [3.8, 4) is 11.8 Å². The molecule has 0 amide bonds. The number of rotatable bonds is 3. The Bertz CT molecular complexity index is 537. The molecule has 0 unspecified atom stereocenters. The van der Waals surface area contributed by atoms with E-state index >= 15 is 0 Å². The fourth-order valence-corrected chi connectivity index (χ4v) is 1.86. The predicted octanol–water partition coefficient (Wildman–Crippen LogP) is 3.24. The number of esters is 1. The fourth-order valence-electron chi connectivity index (χ4n) is 1.22. The van der Waals surface area contributed by atoms with Crippen LogP contribution < -0.4 is 4.74 Å². The number of benzene rings is 1. The molecule has 1 aromatic carbocycles. The van der Waals surface area contributed by atoms with Gasteiger partial charge < -0.3 is 9.47 Å². The zero-order chi connectivity index (χ0) is 14.6. The second kappa shape index (κ2) is 6.10. The van der Waals surface area contributed by atoms with Crippen molar-refractivity contribution < 1.29 is 27.4 Å². The molecule has 0 aliphatic rings. The monoisotopic (exact) mass is 385 g/mol. The maximum absolute atomic E-state index is 12.2. The Balaban J connectivity index is 3.29. The predicted molar refractivity (Wildman–Crippen MR) is 66.5 cm³/mol. The summed E-state index contributed by atoms with van der Waals surface area (Å²) in [6.07, 6.45) is -4.90. The highest BCUT2D eigenvalue weighted by molar-refractivity contribution is 14.1. The van der Waals surface area contributed by atoms with E-state index in [1.807, 2.05) is 0 Å². The number of nitrogens with zero attached hydrogens (tertiary/aromatic N) is 1. The lowest BCUT2D eigenvalue weighted by Gasteiger charge is -2.13. The van der Waals surface area contributed by atoms with Gasteiger partial charge in [0.05, 0.1) is 27.4 Å². The van der Waals surface area contributed by atoms with Crippen molar-refractivity contribution in [3.05, 3.63) is 26.8 Å². The first kappa shape index (κ1) is 15.6. The Morgan fingerprint density at radius 2 is 2.11 bits per heavy atom. The second-order valence-corrected chi connectivity index (χ2v) is 4.29. The SMILES string of the molecule is CCOC(=O)c1cc(C#N)cc(OC(F)(F)F)c1I. The summed E-state index contributed by atoms with van der Waals surface area (Å²) in [6, 6.07) is 3.73. The van der Waals surface area contributed by atoms with Crippen LogP contribution in [0.3, 0.4) is 0 Å². The van der Waals surface area contributed by atoms with E-state index in [0.29, 0.717) is 0 Å². The third-order valence-corrected chi connectivity index (χ3v) is 3.00. The number of hydrogen-bond donors (Lipinski definition) is 0. The van der Waals surface area contributed by atoms with Crippen molar-refractivity contribution in [3.63, 3.8) is 0 Å². The summed E-state index contributed by atoms with van der Waals surface area (Å²) >= 11 is 1.53. The second-order valence-electron chi connectivity index (χ2n) is 3.22. The van der Waals surface area contributed by atoms with Crippen LogP contribution in [0.15, 0.2) is 12.1 Å². The molecule has 1 rings (SSSR count). The van der Waals surface area contributed by atoms with Gasteiger partial charge in [-0.05, 0) is 41.6 Å². The molecule has 8 heteroatoms. The summed E-state index contributed by atoms with van der Waals surface area (Å²) in [4.78, 5) is 11.6. The van der Waals surface area contributed by atoms with Gasteiger partial charge in [-0.2, -0.15) is 5.26 Å². The summed E-state index contributed by atoms with van der Waals surface area (Å²) in [5.41, 5.74) is -0.261. The number of hydrogen-bond acceptors (Lipinski definition) is 4. The topological polar surface area (TPSA) is 59.3 Å². The molecule has 1 aromatic rings. The summed E-state index contributed by atoms with van der Waals surface area (Å²) in [5, 5.41) is 8.75. The Morgan fingerprint density at radius 3 is 2.58 bits per heavy atom. The van der Waals surface area contributed by atoms with Crippen molar-refractivity contribution in [1.82, 2.24) is 0 Å². The molecular weight excluding hydrogens is 378 g/mol. The van der Waals surface area contributed by atoms with E-state index in [9.17, 15) is 18.0 Å². The average molecular weight is 385 g/mol. The maximum atomic E-state index is 12.2. The molecule has 0 N–H and O–H groups in total. The summed E-state index contributed by atoms with van der Waals surface area (Å²) in [7, 11) is 0. The summed E-state index contributed by atoms with van der Waals surface area (Å²) in [6.45, 7) is 1.63. The van der Waals surface area contributed by atoms with Gasteiger partial charge in [-0.25, -0.2) is 4.79 Å². The highest BCUT2D eigenvalue weighted by Gasteiger charge is 2.33. The van der Waals surface area contributed by atoms with E-state index in [1.165, 1.54) is 22.6 Å². The van der Waals surface area contributed by atoms with Gasteiger partial charge in [0, 0.05) is 0 Å². The summed E-state index contributed by atoms with van der Waals surface area (Å²) in [5.74, 6) is -1.41. The van der Waals surface area contributed by atoms with Crippen LogP contribution in [0.4, 0.5) is 13.2 Å². The maximum Gasteiger partial charge on any atom is 0.573 e. The lowest BCUT2D eigenvalue weighted by atomic mass is 10.1. The number of nitriles is 1. The average Bonchev–Trinajstić information content (AvgIpc) is 2.30. The van der Waals surface area contributed by atoms with E-state index in [0.717, 1.165) is 12.1 Å². The highest BCUT2D eigenvalue weighted by atomic mass is 127. The molecule has 0 spiro atoms. The lowest BCUT2D eigenvalue weighted by molar-refractivity contribution is -0.275. The van der Waals surface area contributed by atoms with Crippen LogP contribution in [0.25, 0.3) is 0 Å². The molecule has 0 bridgehead atoms. The van der Waals surface area contributed by atoms with Crippen LogP contribution in [-0.2, 0) is 4.74 Å². The zero-order valence-electron chi connectivity index (χ0n) is 9.55. The van der Waals surface area contributed by atoms with Gasteiger partial charge >= 0.3 is 12.3 Å². The first-order valence-electron chi connectivity index (χ1n) is 4.95. The fraction of sp³-hybridized carbons (Fsp3) is 0.273. The van der Waals surface area contributed by atoms with Crippen LogP contribution in [-0.4, -0.2) is 18.9 Å². The van der Waals surface area contributed by atoms with Gasteiger partial charge in [0.1, 0.15) is 5.75 Å². The normalized spacial score (nSPS) is 10.7. The summed E-state index contributed by atoms with van der Waals surface area (Å²) < 4.78 is 45.1. The van der Waals surface area contributed by atoms with Crippen molar-refractivity contribution in [2.75, 3.05) is 6.61 Å². The molecule has 0 heterocycles. The molecule has 0 aromatic heterocycles. The van der Waals surface area contributed by atoms with Crippen LogP contribution in [0.2, 0.25) is 0 Å². The van der Waals surface area contributed by atoms with Crippen LogP contribution in [0, 0.1) is 14.9 Å². The molecule has 0 aliphatic heterocycles. The van der Waals surface area contributed by atoms with E-state index in [1.54, 1.807) is 13.0 Å². The van der Waals surface area contributed by atoms with Gasteiger partial charge in [-0.3, -0.25) is 0 Å². The lowest BCUT2D eigenvalue weighted by Crippen LogP contribution is -2.19. The van der Waals surface area contributed by atoms with Crippen LogP contribution in [0.5, 0.6) is 5.75 Å². The third-order valence-electron chi connectivity index (χ3n) is 1.89. The standard InChI is InChI=1S/C11H7F3INO3/c1-2-18-10(17)7-3-6(5-16)4-8(9(7)15)19-11(12,13)14/h3-4H,2H2,1H3. The molecule has 102 valence electrons. The molecule has 19 heavy (non-hydrogen) atoms. The van der Waals surface area contributed by atoms with Gasteiger partial charge in [-0.1, -0.05) is 0 Å². The molecule has 4 nitrogen and oxygen atoms in total. The highest BCUT2D eigenvalue weighted by Crippen LogP contribution is 2.31. The van der Waals surface area contributed by atoms with E-state index in [-0.39, 0.29) is 21.3 Å². The third kappa shape index (κ3) is 4.27. The number of ether oxygens (including phenoxy) is 2. The molecule has 0 aliphatic carbocycles. The minimum atomic E-state index is -4.90. The van der Waals surface area contributed by atoms with E-state index in [4.69, 9.17) is 10.00 Å². The Labute approximate surface area is 120 Å². The molecule has 0 saturated carbocycles. The first-order valence-corrected chi connectivity index (χ1v) is 6.03.